The number of aromatic nitrogens is 5. The molecule has 0 spiro atoms. The van der Waals surface area contributed by atoms with Gasteiger partial charge < -0.3 is 5.11 Å². The second kappa shape index (κ2) is 8.94. The van der Waals surface area contributed by atoms with Crippen LogP contribution in [0.5, 0.6) is 0 Å². The molecule has 1 unspecified atom stereocenters. The monoisotopic (exact) mass is 471 g/mol. The molecule has 34 heavy (non-hydrogen) atoms. The summed E-state index contributed by atoms with van der Waals surface area (Å²) in [5.41, 5.74) is -2.28. The highest BCUT2D eigenvalue weighted by molar-refractivity contribution is 5.63. The molecule has 0 aliphatic heterocycles. The van der Waals surface area contributed by atoms with E-state index in [0.717, 1.165) is 40.3 Å². The molecular weight excluding hydrogens is 450 g/mol. The molecular formula is C24H21F4N5O. The van der Waals surface area contributed by atoms with Crippen LogP contribution < -0.4 is 0 Å². The number of nitrogens with zero attached hydrogens (tertiary/aromatic N) is 5. The van der Waals surface area contributed by atoms with Gasteiger partial charge >= 0.3 is 5.92 Å². The molecule has 0 bridgehead atoms. The van der Waals surface area contributed by atoms with Crippen molar-refractivity contribution < 1.29 is 22.7 Å². The minimum atomic E-state index is -4.10. The summed E-state index contributed by atoms with van der Waals surface area (Å²) in [7, 11) is 0. The SMILES string of the molecule is CC(C)c1ccc(-c2ccc(C(F)(F)C(O)(Cn3cnnn3)c3ccc(F)cc3F)nc2)cc1. The molecule has 176 valence electrons. The predicted molar refractivity (Wildman–Crippen MR) is 116 cm³/mol. The smallest absolute Gasteiger partial charge is 0.323 e. The lowest BCUT2D eigenvalue weighted by Crippen LogP contribution is -2.48. The Kier molecular flexibility index (Phi) is 6.18. The fraction of sp³-hybridized carbons (Fsp3) is 0.250. The molecule has 2 heterocycles. The van der Waals surface area contributed by atoms with E-state index in [2.05, 4.69) is 34.4 Å². The van der Waals surface area contributed by atoms with Crippen LogP contribution in [0.1, 0.15) is 36.6 Å². The Morgan fingerprint density at radius 3 is 2.24 bits per heavy atom. The van der Waals surface area contributed by atoms with Crippen molar-refractivity contribution >= 4 is 0 Å². The highest BCUT2D eigenvalue weighted by Gasteiger charge is 2.58. The van der Waals surface area contributed by atoms with Gasteiger partial charge in [-0.1, -0.05) is 44.2 Å². The standard InChI is InChI=1S/C24H21F4N5O/c1-15(2)16-3-5-17(6-4-16)18-7-10-22(29-12-18)24(27,28)23(34,13-33-14-30-31-32-33)20-9-8-19(25)11-21(20)26/h3-12,14-15,34H,13H2,1-2H3. The van der Waals surface area contributed by atoms with Gasteiger partial charge in [0.25, 0.3) is 0 Å². The summed E-state index contributed by atoms with van der Waals surface area (Å²) in [6.07, 6.45) is 2.26. The third-order valence-electron chi connectivity index (χ3n) is 5.67. The Morgan fingerprint density at radius 1 is 0.971 bits per heavy atom. The summed E-state index contributed by atoms with van der Waals surface area (Å²) < 4.78 is 60.4. The molecule has 1 N–H and O–H groups in total. The largest absolute Gasteiger partial charge is 0.377 e. The quantitative estimate of drug-likeness (QED) is 0.391. The van der Waals surface area contributed by atoms with Gasteiger partial charge in [-0.2, -0.15) is 8.78 Å². The number of benzene rings is 2. The maximum Gasteiger partial charge on any atom is 0.323 e. The molecule has 2 aromatic carbocycles. The zero-order valence-electron chi connectivity index (χ0n) is 18.3. The number of hydrogen-bond donors (Lipinski definition) is 1. The molecule has 0 aliphatic rings. The lowest BCUT2D eigenvalue weighted by atomic mass is 9.84. The van der Waals surface area contributed by atoms with E-state index in [4.69, 9.17) is 0 Å². The Bertz CT molecular complexity index is 1260. The van der Waals surface area contributed by atoms with E-state index in [9.17, 15) is 13.9 Å². The van der Waals surface area contributed by atoms with Gasteiger partial charge in [-0.05, 0) is 45.7 Å². The van der Waals surface area contributed by atoms with Gasteiger partial charge in [0.05, 0.1) is 6.54 Å². The summed E-state index contributed by atoms with van der Waals surface area (Å²) in [5.74, 6) is -6.06. The predicted octanol–water partition coefficient (Wildman–Crippen LogP) is 4.82. The number of alkyl halides is 2. The molecule has 0 fully saturated rings. The zero-order valence-corrected chi connectivity index (χ0v) is 18.3. The van der Waals surface area contributed by atoms with Gasteiger partial charge in [0.1, 0.15) is 23.7 Å². The molecule has 0 amide bonds. The molecule has 0 saturated carbocycles. The van der Waals surface area contributed by atoms with Gasteiger partial charge in [-0.25, -0.2) is 13.5 Å². The van der Waals surface area contributed by atoms with Crippen LogP contribution >= 0.6 is 0 Å². The average Bonchev–Trinajstić information content (AvgIpc) is 3.32. The maximum absolute atomic E-state index is 15.8. The first-order chi connectivity index (χ1) is 16.1. The molecule has 10 heteroatoms. The summed E-state index contributed by atoms with van der Waals surface area (Å²) in [5, 5.41) is 21.4. The highest BCUT2D eigenvalue weighted by Crippen LogP contribution is 2.46. The number of aliphatic hydroxyl groups is 1. The van der Waals surface area contributed by atoms with Crippen LogP contribution in [0.4, 0.5) is 17.6 Å². The van der Waals surface area contributed by atoms with E-state index in [1.165, 1.54) is 12.3 Å². The molecule has 0 aliphatic carbocycles. The van der Waals surface area contributed by atoms with E-state index in [0.29, 0.717) is 17.5 Å². The van der Waals surface area contributed by atoms with Crippen LogP contribution in [0.3, 0.4) is 0 Å². The highest BCUT2D eigenvalue weighted by atomic mass is 19.3. The van der Waals surface area contributed by atoms with E-state index >= 15 is 8.78 Å². The fourth-order valence-electron chi connectivity index (χ4n) is 3.69. The Morgan fingerprint density at radius 2 is 1.68 bits per heavy atom. The molecule has 0 saturated heterocycles. The number of tetrazole rings is 1. The molecule has 1 atom stereocenters. The van der Waals surface area contributed by atoms with E-state index < -0.39 is 41.0 Å². The topological polar surface area (TPSA) is 76.7 Å². The van der Waals surface area contributed by atoms with E-state index in [1.807, 2.05) is 24.3 Å². The van der Waals surface area contributed by atoms with E-state index in [1.54, 1.807) is 0 Å². The second-order valence-corrected chi connectivity index (χ2v) is 8.28. The van der Waals surface area contributed by atoms with Crippen molar-refractivity contribution in [3.8, 4) is 11.1 Å². The van der Waals surface area contributed by atoms with Crippen molar-refractivity contribution in [2.75, 3.05) is 0 Å². The zero-order chi connectivity index (χ0) is 24.5. The number of hydrogen-bond acceptors (Lipinski definition) is 5. The average molecular weight is 471 g/mol. The van der Waals surface area contributed by atoms with Crippen LogP contribution in [0.2, 0.25) is 0 Å². The van der Waals surface area contributed by atoms with Crippen molar-refractivity contribution in [3.63, 3.8) is 0 Å². The van der Waals surface area contributed by atoms with Gasteiger partial charge in [0, 0.05) is 23.4 Å². The van der Waals surface area contributed by atoms with Crippen molar-refractivity contribution in [2.45, 2.75) is 37.8 Å². The van der Waals surface area contributed by atoms with Crippen LogP contribution in [-0.4, -0.2) is 30.3 Å². The number of pyridine rings is 1. The number of rotatable bonds is 7. The van der Waals surface area contributed by atoms with Gasteiger partial charge in [0.15, 0.2) is 5.60 Å². The van der Waals surface area contributed by atoms with Crippen LogP contribution in [0.15, 0.2) is 67.1 Å². The summed E-state index contributed by atoms with van der Waals surface area (Å²) >= 11 is 0. The second-order valence-electron chi connectivity index (χ2n) is 8.28. The molecule has 4 aromatic rings. The first-order valence-corrected chi connectivity index (χ1v) is 10.4. The van der Waals surface area contributed by atoms with E-state index in [-0.39, 0.29) is 0 Å². The van der Waals surface area contributed by atoms with Gasteiger partial charge in [0.2, 0.25) is 0 Å². The third-order valence-corrected chi connectivity index (χ3v) is 5.67. The molecule has 0 radical (unpaired) electrons. The van der Waals surface area contributed by atoms with Crippen molar-refractivity contribution in [1.29, 1.82) is 0 Å². The third kappa shape index (κ3) is 4.28. The fourth-order valence-corrected chi connectivity index (χ4v) is 3.69. The van der Waals surface area contributed by atoms with Crippen molar-refractivity contribution in [1.82, 2.24) is 25.2 Å². The van der Waals surface area contributed by atoms with Crippen LogP contribution in [0.25, 0.3) is 11.1 Å². The lowest BCUT2D eigenvalue weighted by Gasteiger charge is -2.35. The van der Waals surface area contributed by atoms with Crippen molar-refractivity contribution in [2.24, 2.45) is 0 Å². The lowest BCUT2D eigenvalue weighted by molar-refractivity contribution is -0.207. The van der Waals surface area contributed by atoms with Gasteiger partial charge in [-0.15, -0.1) is 5.10 Å². The van der Waals surface area contributed by atoms with Crippen molar-refractivity contribution in [3.05, 3.63) is 95.6 Å². The van der Waals surface area contributed by atoms with Gasteiger partial charge in [-0.3, -0.25) is 4.98 Å². The minimum absolute atomic E-state index is 0.345. The first-order valence-electron chi connectivity index (χ1n) is 10.4. The summed E-state index contributed by atoms with van der Waals surface area (Å²) in [6.45, 7) is 3.22. The van der Waals surface area contributed by atoms with Crippen LogP contribution in [0, 0.1) is 11.6 Å². The Balaban J connectivity index is 1.74. The molecule has 4 rings (SSSR count). The molecule has 6 nitrogen and oxygen atoms in total. The summed E-state index contributed by atoms with van der Waals surface area (Å²) in [4.78, 5) is 3.88. The van der Waals surface area contributed by atoms with Crippen LogP contribution in [-0.2, 0) is 18.1 Å². The Hall–Kier alpha value is -3.66. The molecule has 2 aromatic heterocycles. The normalized spacial score (nSPS) is 13.8. The minimum Gasteiger partial charge on any atom is -0.377 e. The maximum atomic E-state index is 15.8. The number of halogens is 4. The first kappa shape index (κ1) is 23.5. The Labute approximate surface area is 192 Å². The summed E-state index contributed by atoms with van der Waals surface area (Å²) in [6, 6.07) is 12.1.